The summed E-state index contributed by atoms with van der Waals surface area (Å²) in [6.45, 7) is 1.93. The van der Waals surface area contributed by atoms with Crippen LogP contribution in [0.3, 0.4) is 0 Å². The molecule has 33 heavy (non-hydrogen) atoms. The van der Waals surface area contributed by atoms with Crippen LogP contribution in [0.5, 0.6) is 5.75 Å². The van der Waals surface area contributed by atoms with Crippen molar-refractivity contribution in [3.8, 4) is 5.75 Å². The number of fused-ring (bicyclic) bond motifs is 7. The average Bonchev–Trinajstić information content (AvgIpc) is 3.47. The van der Waals surface area contributed by atoms with Crippen molar-refractivity contribution < 1.29 is 23.9 Å². The number of hydrogen-bond donors (Lipinski definition) is 1. The van der Waals surface area contributed by atoms with E-state index in [4.69, 9.17) is 16.3 Å². The minimum atomic E-state index is -1.26. The van der Waals surface area contributed by atoms with Gasteiger partial charge in [-0.05, 0) is 61.9 Å². The number of ether oxygens (including phenoxy) is 1. The van der Waals surface area contributed by atoms with Gasteiger partial charge in [-0.1, -0.05) is 11.6 Å². The van der Waals surface area contributed by atoms with Crippen LogP contribution in [0.1, 0.15) is 25.3 Å². The second-order valence-corrected chi connectivity index (χ2v) is 9.35. The third-order valence-corrected chi connectivity index (χ3v) is 7.55. The summed E-state index contributed by atoms with van der Waals surface area (Å²) in [5.74, 6) is -2.59. The number of benzene rings is 2. The van der Waals surface area contributed by atoms with Gasteiger partial charge in [0.2, 0.25) is 17.7 Å². The van der Waals surface area contributed by atoms with Crippen LogP contribution >= 0.6 is 11.6 Å². The highest BCUT2D eigenvalue weighted by Crippen LogP contribution is 2.60. The smallest absolute Gasteiger partial charge is 0.308 e. The molecule has 8 nitrogen and oxygen atoms in total. The molecule has 9 heteroatoms. The molecule has 2 aromatic carbocycles. The number of nitrogens with one attached hydrogen (secondary N) is 1. The number of carbonyl (C=O) groups excluding carboxylic acids is 4. The first-order valence-corrected chi connectivity index (χ1v) is 11.3. The number of anilines is 2. The highest BCUT2D eigenvalue weighted by atomic mass is 35.5. The van der Waals surface area contributed by atoms with Gasteiger partial charge in [0.1, 0.15) is 11.3 Å². The number of hydrogen-bond acceptors (Lipinski definition) is 6. The average molecular weight is 466 g/mol. The van der Waals surface area contributed by atoms with E-state index in [0.717, 1.165) is 12.8 Å². The Hall–Kier alpha value is -3.23. The van der Waals surface area contributed by atoms with Crippen LogP contribution in [-0.2, 0) is 24.7 Å². The summed E-state index contributed by atoms with van der Waals surface area (Å²) in [7, 11) is 0. The van der Waals surface area contributed by atoms with E-state index in [1.165, 1.54) is 11.8 Å². The number of imide groups is 1. The molecule has 4 atom stereocenters. The van der Waals surface area contributed by atoms with Crippen molar-refractivity contribution in [2.24, 2.45) is 11.8 Å². The summed E-state index contributed by atoms with van der Waals surface area (Å²) in [5.41, 5.74) is 0.415. The minimum absolute atomic E-state index is 0.201. The molecule has 0 bridgehead atoms. The van der Waals surface area contributed by atoms with Crippen molar-refractivity contribution >= 4 is 46.7 Å². The van der Waals surface area contributed by atoms with Gasteiger partial charge < -0.3 is 10.1 Å². The molecule has 4 heterocycles. The molecule has 1 spiro atoms. The van der Waals surface area contributed by atoms with E-state index in [-0.39, 0.29) is 17.9 Å². The molecule has 4 unspecified atom stereocenters. The first-order valence-electron chi connectivity index (χ1n) is 10.9. The summed E-state index contributed by atoms with van der Waals surface area (Å²) in [6.07, 6.45) is 1.59. The van der Waals surface area contributed by atoms with E-state index in [2.05, 4.69) is 10.2 Å². The van der Waals surface area contributed by atoms with Crippen molar-refractivity contribution in [1.82, 2.24) is 4.90 Å². The van der Waals surface area contributed by atoms with Gasteiger partial charge in [0.15, 0.2) is 0 Å². The Labute approximate surface area is 194 Å². The summed E-state index contributed by atoms with van der Waals surface area (Å²) >= 11 is 6.30. The third kappa shape index (κ3) is 2.56. The standard InChI is InChI=1S/C24H20ClN3O5/c1-12(29)33-15-7-5-14(6-8-15)28-21(30)19-18-3-2-10-27(18)24(20(19)22(28)31)16-11-13(25)4-9-17(16)26-23(24)32/h4-9,11,18-20H,2-3,10H2,1H3,(H,26,32). The van der Waals surface area contributed by atoms with Crippen molar-refractivity contribution in [3.63, 3.8) is 0 Å². The predicted octanol–water partition coefficient (Wildman–Crippen LogP) is 2.70. The molecular weight excluding hydrogens is 446 g/mol. The molecule has 2 aromatic rings. The van der Waals surface area contributed by atoms with E-state index < -0.39 is 29.3 Å². The van der Waals surface area contributed by atoms with Crippen LogP contribution in [0.25, 0.3) is 0 Å². The van der Waals surface area contributed by atoms with E-state index in [9.17, 15) is 19.2 Å². The Bertz CT molecular complexity index is 1250. The topological polar surface area (TPSA) is 96.0 Å². The summed E-state index contributed by atoms with van der Waals surface area (Å²) in [5, 5.41) is 3.40. The van der Waals surface area contributed by atoms with Crippen LogP contribution in [0.2, 0.25) is 5.02 Å². The van der Waals surface area contributed by atoms with Gasteiger partial charge >= 0.3 is 5.97 Å². The third-order valence-electron chi connectivity index (χ3n) is 7.31. The zero-order valence-corrected chi connectivity index (χ0v) is 18.5. The fourth-order valence-corrected chi connectivity index (χ4v) is 6.43. The fourth-order valence-electron chi connectivity index (χ4n) is 6.26. The molecule has 0 aliphatic carbocycles. The van der Waals surface area contributed by atoms with Gasteiger partial charge in [0.25, 0.3) is 0 Å². The normalized spacial score (nSPS) is 29.9. The Morgan fingerprint density at radius 3 is 2.61 bits per heavy atom. The lowest BCUT2D eigenvalue weighted by molar-refractivity contribution is -0.135. The van der Waals surface area contributed by atoms with Crippen LogP contribution in [0.4, 0.5) is 11.4 Å². The van der Waals surface area contributed by atoms with Crippen LogP contribution in [0.15, 0.2) is 42.5 Å². The van der Waals surface area contributed by atoms with Gasteiger partial charge in [-0.2, -0.15) is 0 Å². The Kier molecular flexibility index (Phi) is 4.25. The number of rotatable bonds is 2. The summed E-state index contributed by atoms with van der Waals surface area (Å²) in [4.78, 5) is 55.5. The van der Waals surface area contributed by atoms with Crippen LogP contribution < -0.4 is 15.0 Å². The Morgan fingerprint density at radius 2 is 1.88 bits per heavy atom. The van der Waals surface area contributed by atoms with Crippen molar-refractivity contribution in [3.05, 3.63) is 53.1 Å². The lowest BCUT2D eigenvalue weighted by Crippen LogP contribution is -2.54. The monoisotopic (exact) mass is 465 g/mol. The number of halogens is 1. The quantitative estimate of drug-likeness (QED) is 0.416. The molecule has 3 saturated heterocycles. The van der Waals surface area contributed by atoms with E-state index in [0.29, 0.717) is 34.3 Å². The van der Waals surface area contributed by atoms with Crippen molar-refractivity contribution in [2.75, 3.05) is 16.8 Å². The van der Waals surface area contributed by atoms with Gasteiger partial charge in [-0.25, -0.2) is 4.90 Å². The zero-order valence-electron chi connectivity index (χ0n) is 17.7. The second kappa shape index (κ2) is 6.88. The Balaban J connectivity index is 1.47. The molecular formula is C24H20ClN3O5. The maximum atomic E-state index is 13.9. The second-order valence-electron chi connectivity index (χ2n) is 8.92. The number of nitrogens with zero attached hydrogens (tertiary/aromatic N) is 2. The lowest BCUT2D eigenvalue weighted by atomic mass is 9.75. The Morgan fingerprint density at radius 1 is 1.12 bits per heavy atom. The molecule has 168 valence electrons. The van der Waals surface area contributed by atoms with E-state index in [1.807, 2.05) is 0 Å². The maximum absolute atomic E-state index is 13.9. The number of amides is 3. The zero-order chi connectivity index (χ0) is 23.1. The van der Waals surface area contributed by atoms with Crippen LogP contribution in [-0.4, -0.2) is 41.2 Å². The summed E-state index contributed by atoms with van der Waals surface area (Å²) in [6, 6.07) is 11.2. The van der Waals surface area contributed by atoms with Gasteiger partial charge in [-0.15, -0.1) is 0 Å². The van der Waals surface area contributed by atoms with Gasteiger partial charge in [0.05, 0.1) is 17.5 Å². The first-order chi connectivity index (χ1) is 15.8. The first kappa shape index (κ1) is 20.4. The van der Waals surface area contributed by atoms with Crippen molar-refractivity contribution in [2.45, 2.75) is 31.3 Å². The highest BCUT2D eigenvalue weighted by Gasteiger charge is 2.74. The fraction of sp³-hybridized carbons (Fsp3) is 0.333. The molecule has 6 rings (SSSR count). The molecule has 4 aliphatic heterocycles. The molecule has 0 radical (unpaired) electrons. The SMILES string of the molecule is CC(=O)Oc1ccc(N2C(=O)C3C4CCCN4C4(C(=O)Nc5ccc(Cl)cc54)C3C2=O)cc1. The molecule has 4 aliphatic rings. The lowest BCUT2D eigenvalue weighted by Gasteiger charge is -2.36. The van der Waals surface area contributed by atoms with Gasteiger partial charge in [-0.3, -0.25) is 24.1 Å². The van der Waals surface area contributed by atoms with E-state index >= 15 is 0 Å². The maximum Gasteiger partial charge on any atom is 0.308 e. The largest absolute Gasteiger partial charge is 0.427 e. The van der Waals surface area contributed by atoms with Crippen LogP contribution in [0, 0.1) is 11.8 Å². The van der Waals surface area contributed by atoms with Gasteiger partial charge in [0, 0.05) is 29.2 Å². The molecule has 0 aromatic heterocycles. The molecule has 3 fully saturated rings. The van der Waals surface area contributed by atoms with Crippen molar-refractivity contribution in [1.29, 1.82) is 0 Å². The summed E-state index contributed by atoms with van der Waals surface area (Å²) < 4.78 is 5.06. The molecule has 1 N–H and O–H groups in total. The number of carbonyl (C=O) groups is 4. The van der Waals surface area contributed by atoms with E-state index in [1.54, 1.807) is 42.5 Å². The minimum Gasteiger partial charge on any atom is -0.427 e. The number of esters is 1. The molecule has 0 saturated carbocycles. The predicted molar refractivity (Wildman–Crippen MR) is 119 cm³/mol. The highest BCUT2D eigenvalue weighted by molar-refractivity contribution is 6.31. The molecule has 3 amide bonds.